The summed E-state index contributed by atoms with van der Waals surface area (Å²) >= 11 is 6.73. The molecule has 0 amide bonds. The molecule has 0 aliphatic rings. The van der Waals surface area contributed by atoms with Crippen LogP contribution >= 0.6 is 24.0 Å². The molecule has 0 radical (unpaired) electrons. The minimum absolute atomic E-state index is 0.788. The molecule has 78 valence electrons. The molecule has 0 aliphatic carbocycles. The number of anilines is 1. The second-order valence-corrected chi connectivity index (χ2v) is 4.59. The van der Waals surface area contributed by atoms with Crippen LogP contribution in [0.4, 0.5) is 5.88 Å². The Labute approximate surface area is 98.2 Å². The van der Waals surface area contributed by atoms with E-state index in [1.54, 1.807) is 0 Å². The van der Waals surface area contributed by atoms with Gasteiger partial charge >= 0.3 is 0 Å². The third kappa shape index (κ3) is 2.01. The first-order chi connectivity index (χ1) is 7.22. The molecular formula is C11H11NOS2. The highest BCUT2D eigenvalue weighted by atomic mass is 32.2. The van der Waals surface area contributed by atoms with Crippen LogP contribution < -0.4 is 4.90 Å². The predicted octanol–water partition coefficient (Wildman–Crippen LogP) is 3.52. The number of rotatable bonds is 1. The fourth-order valence-corrected chi connectivity index (χ4v) is 1.81. The highest BCUT2D eigenvalue weighted by Gasteiger charge is 2.10. The van der Waals surface area contributed by atoms with Gasteiger partial charge in [-0.15, -0.1) is 0 Å². The summed E-state index contributed by atoms with van der Waals surface area (Å²) in [7, 11) is 1.91. The summed E-state index contributed by atoms with van der Waals surface area (Å²) < 4.78 is 6.48. The Morgan fingerprint density at radius 3 is 2.80 bits per heavy atom. The first-order valence-corrected chi connectivity index (χ1v) is 6.16. The van der Waals surface area contributed by atoms with Crippen molar-refractivity contribution in [2.45, 2.75) is 0 Å². The fourth-order valence-electron chi connectivity index (χ4n) is 1.36. The standard InChI is InChI=1S/C11H11NOS2/c1-12(11(14)15-2)10-7-8-5-3-4-6-9(8)13-10/h3-7H,1-2H3. The van der Waals surface area contributed by atoms with Gasteiger partial charge in [0.15, 0.2) is 0 Å². The molecule has 0 bridgehead atoms. The number of fused-ring (bicyclic) bond motifs is 1. The van der Waals surface area contributed by atoms with E-state index in [2.05, 4.69) is 0 Å². The average molecular weight is 237 g/mol. The Balaban J connectivity index is 2.40. The zero-order valence-corrected chi connectivity index (χ0v) is 10.2. The molecule has 0 saturated heterocycles. The normalized spacial score (nSPS) is 10.5. The Bertz CT molecular complexity index is 459. The van der Waals surface area contributed by atoms with Gasteiger partial charge in [0, 0.05) is 18.5 Å². The number of thiocarbonyl (C=S) groups is 1. The van der Waals surface area contributed by atoms with Gasteiger partial charge < -0.3 is 9.32 Å². The van der Waals surface area contributed by atoms with Gasteiger partial charge in [-0.25, -0.2) is 0 Å². The quantitative estimate of drug-likeness (QED) is 0.705. The van der Waals surface area contributed by atoms with E-state index in [1.807, 2.05) is 48.5 Å². The second kappa shape index (κ2) is 4.24. The van der Waals surface area contributed by atoms with Crippen LogP contribution in [-0.4, -0.2) is 17.6 Å². The van der Waals surface area contributed by atoms with Gasteiger partial charge in [0.25, 0.3) is 0 Å². The lowest BCUT2D eigenvalue weighted by molar-refractivity contribution is 0.620. The largest absolute Gasteiger partial charge is 0.440 e. The van der Waals surface area contributed by atoms with E-state index >= 15 is 0 Å². The molecule has 0 fully saturated rings. The van der Waals surface area contributed by atoms with Crippen LogP contribution in [0.1, 0.15) is 0 Å². The molecule has 15 heavy (non-hydrogen) atoms. The smallest absolute Gasteiger partial charge is 0.201 e. The van der Waals surface area contributed by atoms with Crippen LogP contribution in [0.2, 0.25) is 0 Å². The molecule has 2 nitrogen and oxygen atoms in total. The van der Waals surface area contributed by atoms with Crippen LogP contribution in [0.5, 0.6) is 0 Å². The summed E-state index contributed by atoms with van der Waals surface area (Å²) in [4.78, 5) is 1.88. The van der Waals surface area contributed by atoms with E-state index in [-0.39, 0.29) is 0 Å². The Morgan fingerprint density at radius 2 is 2.13 bits per heavy atom. The number of nitrogens with zero attached hydrogens (tertiary/aromatic N) is 1. The Kier molecular flexibility index (Phi) is 2.98. The van der Waals surface area contributed by atoms with E-state index in [0.717, 1.165) is 21.2 Å². The van der Waals surface area contributed by atoms with Gasteiger partial charge in [-0.3, -0.25) is 0 Å². The summed E-state index contributed by atoms with van der Waals surface area (Å²) in [6.45, 7) is 0. The van der Waals surface area contributed by atoms with Crippen molar-refractivity contribution in [3.05, 3.63) is 30.3 Å². The van der Waals surface area contributed by atoms with Gasteiger partial charge in [-0.1, -0.05) is 42.2 Å². The van der Waals surface area contributed by atoms with Crippen molar-refractivity contribution in [3.63, 3.8) is 0 Å². The van der Waals surface area contributed by atoms with Crippen molar-refractivity contribution in [1.29, 1.82) is 0 Å². The molecule has 0 atom stereocenters. The molecule has 0 saturated carbocycles. The van der Waals surface area contributed by atoms with E-state index in [0.29, 0.717) is 0 Å². The molecule has 1 aromatic carbocycles. The monoisotopic (exact) mass is 237 g/mol. The van der Waals surface area contributed by atoms with Gasteiger partial charge in [0.05, 0.1) is 0 Å². The number of hydrogen-bond acceptors (Lipinski definition) is 3. The maximum absolute atomic E-state index is 5.68. The third-order valence-corrected chi connectivity index (χ3v) is 3.59. The maximum Gasteiger partial charge on any atom is 0.201 e. The summed E-state index contributed by atoms with van der Waals surface area (Å²) in [5.74, 6) is 0.788. The first kappa shape index (κ1) is 10.5. The van der Waals surface area contributed by atoms with Crippen molar-refractivity contribution in [3.8, 4) is 0 Å². The molecule has 0 N–H and O–H groups in total. The average Bonchev–Trinajstić information content (AvgIpc) is 2.70. The van der Waals surface area contributed by atoms with Crippen molar-refractivity contribution in [1.82, 2.24) is 0 Å². The highest BCUT2D eigenvalue weighted by Crippen LogP contribution is 2.26. The molecule has 0 unspecified atom stereocenters. The number of furan rings is 1. The van der Waals surface area contributed by atoms with Gasteiger partial charge in [0.2, 0.25) is 5.88 Å². The Morgan fingerprint density at radius 1 is 1.40 bits per heavy atom. The number of hydrogen-bond donors (Lipinski definition) is 0. The van der Waals surface area contributed by atoms with Crippen molar-refractivity contribution < 1.29 is 4.42 Å². The SMILES string of the molecule is CSC(=S)N(C)c1cc2ccccc2o1. The van der Waals surface area contributed by atoms with Crippen molar-refractivity contribution in [2.24, 2.45) is 0 Å². The van der Waals surface area contributed by atoms with E-state index < -0.39 is 0 Å². The second-order valence-electron chi connectivity index (χ2n) is 3.15. The molecule has 1 heterocycles. The van der Waals surface area contributed by atoms with Crippen LogP contribution in [0, 0.1) is 0 Å². The molecule has 2 rings (SSSR count). The molecular weight excluding hydrogens is 226 g/mol. The number of thioether (sulfide) groups is 1. The molecule has 2 aromatic rings. The van der Waals surface area contributed by atoms with Crippen LogP contribution in [0.15, 0.2) is 34.7 Å². The Hall–Kier alpha value is -1.00. The van der Waals surface area contributed by atoms with Gasteiger partial charge in [-0.2, -0.15) is 0 Å². The molecule has 1 aromatic heterocycles. The fraction of sp³-hybridized carbons (Fsp3) is 0.182. The van der Waals surface area contributed by atoms with E-state index in [4.69, 9.17) is 16.6 Å². The molecule has 0 spiro atoms. The van der Waals surface area contributed by atoms with Crippen molar-refractivity contribution in [2.75, 3.05) is 18.2 Å². The summed E-state index contributed by atoms with van der Waals surface area (Å²) in [6, 6.07) is 9.93. The summed E-state index contributed by atoms with van der Waals surface area (Å²) in [5, 5.41) is 1.10. The highest BCUT2D eigenvalue weighted by molar-refractivity contribution is 8.22. The van der Waals surface area contributed by atoms with E-state index in [9.17, 15) is 0 Å². The predicted molar refractivity (Wildman–Crippen MR) is 70.7 cm³/mol. The maximum atomic E-state index is 5.68. The molecule has 0 aliphatic heterocycles. The lowest BCUT2D eigenvalue weighted by Gasteiger charge is -2.14. The lowest BCUT2D eigenvalue weighted by Crippen LogP contribution is -2.20. The van der Waals surface area contributed by atoms with Crippen LogP contribution in [-0.2, 0) is 0 Å². The topological polar surface area (TPSA) is 16.4 Å². The first-order valence-electron chi connectivity index (χ1n) is 4.52. The number of benzene rings is 1. The zero-order chi connectivity index (χ0) is 10.8. The minimum atomic E-state index is 0.788. The third-order valence-electron chi connectivity index (χ3n) is 2.19. The number of para-hydroxylation sites is 1. The van der Waals surface area contributed by atoms with Crippen molar-refractivity contribution >= 4 is 45.2 Å². The summed E-state index contributed by atoms with van der Waals surface area (Å²) in [6.07, 6.45) is 1.96. The lowest BCUT2D eigenvalue weighted by atomic mass is 10.3. The summed E-state index contributed by atoms with van der Waals surface area (Å²) in [5.41, 5.74) is 0.892. The minimum Gasteiger partial charge on any atom is -0.440 e. The van der Waals surface area contributed by atoms with Gasteiger partial charge in [0.1, 0.15) is 9.90 Å². The van der Waals surface area contributed by atoms with E-state index in [1.165, 1.54) is 11.8 Å². The van der Waals surface area contributed by atoms with Crippen LogP contribution in [0.25, 0.3) is 11.0 Å². The zero-order valence-electron chi connectivity index (χ0n) is 8.56. The molecule has 4 heteroatoms. The van der Waals surface area contributed by atoms with Crippen LogP contribution in [0.3, 0.4) is 0 Å². The van der Waals surface area contributed by atoms with Gasteiger partial charge in [-0.05, 0) is 12.3 Å².